The standard InChI is InChI=1S/C14H10F2N2O/c1-19-14-5-3-10(7-12(14)16)18-13-4-2-9(8-17)6-11(13)15/h2-7,18H,1H3. The van der Waals surface area contributed by atoms with E-state index >= 15 is 0 Å². The summed E-state index contributed by atoms with van der Waals surface area (Å²) in [5.41, 5.74) is 0.787. The van der Waals surface area contributed by atoms with E-state index in [9.17, 15) is 8.78 Å². The van der Waals surface area contributed by atoms with Crippen LogP contribution < -0.4 is 10.1 Å². The van der Waals surface area contributed by atoms with Crippen molar-refractivity contribution in [1.29, 1.82) is 5.26 Å². The Bertz CT molecular complexity index is 650. The fourth-order valence-electron chi connectivity index (χ4n) is 1.59. The summed E-state index contributed by atoms with van der Waals surface area (Å²) in [5, 5.41) is 11.4. The lowest BCUT2D eigenvalue weighted by molar-refractivity contribution is 0.386. The minimum absolute atomic E-state index is 0.117. The zero-order valence-corrected chi connectivity index (χ0v) is 10.1. The van der Waals surface area contributed by atoms with Crippen LogP contribution in [0.2, 0.25) is 0 Å². The van der Waals surface area contributed by atoms with E-state index in [4.69, 9.17) is 10.00 Å². The van der Waals surface area contributed by atoms with Crippen LogP contribution in [0.1, 0.15) is 5.56 Å². The lowest BCUT2D eigenvalue weighted by Crippen LogP contribution is -1.96. The van der Waals surface area contributed by atoms with Crippen LogP contribution in [0.4, 0.5) is 20.2 Å². The molecule has 0 unspecified atom stereocenters. The Hall–Kier alpha value is -2.61. The lowest BCUT2D eigenvalue weighted by Gasteiger charge is -2.09. The SMILES string of the molecule is COc1ccc(Nc2ccc(C#N)cc2F)cc1F. The Morgan fingerprint density at radius 1 is 1.11 bits per heavy atom. The number of nitriles is 1. The topological polar surface area (TPSA) is 45.0 Å². The van der Waals surface area contributed by atoms with Gasteiger partial charge in [-0.05, 0) is 30.3 Å². The van der Waals surface area contributed by atoms with Gasteiger partial charge in [0.2, 0.25) is 0 Å². The number of hydrogen-bond donors (Lipinski definition) is 1. The normalized spacial score (nSPS) is 9.79. The molecule has 1 N–H and O–H groups in total. The van der Waals surface area contributed by atoms with Gasteiger partial charge >= 0.3 is 0 Å². The molecule has 0 heterocycles. The summed E-state index contributed by atoms with van der Waals surface area (Å²) in [6.45, 7) is 0. The van der Waals surface area contributed by atoms with Crippen molar-refractivity contribution in [3.8, 4) is 11.8 Å². The van der Waals surface area contributed by atoms with Gasteiger partial charge in [-0.2, -0.15) is 5.26 Å². The van der Waals surface area contributed by atoms with Gasteiger partial charge in [0.1, 0.15) is 5.82 Å². The summed E-state index contributed by atoms with van der Waals surface area (Å²) in [4.78, 5) is 0. The number of nitrogens with zero attached hydrogens (tertiary/aromatic N) is 1. The predicted octanol–water partition coefficient (Wildman–Crippen LogP) is 3.59. The third-order valence-corrected chi connectivity index (χ3v) is 2.53. The lowest BCUT2D eigenvalue weighted by atomic mass is 10.2. The van der Waals surface area contributed by atoms with E-state index < -0.39 is 11.6 Å². The van der Waals surface area contributed by atoms with Gasteiger partial charge in [0.25, 0.3) is 0 Å². The van der Waals surface area contributed by atoms with Crippen LogP contribution in [0.25, 0.3) is 0 Å². The maximum Gasteiger partial charge on any atom is 0.167 e. The second-order valence-electron chi connectivity index (χ2n) is 3.78. The van der Waals surface area contributed by atoms with Gasteiger partial charge in [-0.1, -0.05) is 0 Å². The Balaban J connectivity index is 2.26. The molecule has 0 fully saturated rings. The number of anilines is 2. The minimum Gasteiger partial charge on any atom is -0.494 e. The summed E-state index contributed by atoms with van der Waals surface area (Å²) >= 11 is 0. The van der Waals surface area contributed by atoms with Gasteiger partial charge in [0, 0.05) is 11.8 Å². The Kier molecular flexibility index (Phi) is 3.62. The fourth-order valence-corrected chi connectivity index (χ4v) is 1.59. The quantitative estimate of drug-likeness (QED) is 0.917. The van der Waals surface area contributed by atoms with Crippen LogP contribution in [-0.4, -0.2) is 7.11 Å². The first-order valence-corrected chi connectivity index (χ1v) is 5.44. The van der Waals surface area contributed by atoms with E-state index in [1.54, 1.807) is 6.07 Å². The second kappa shape index (κ2) is 5.36. The van der Waals surface area contributed by atoms with Crippen molar-refractivity contribution in [3.05, 3.63) is 53.6 Å². The first kappa shape index (κ1) is 12.8. The molecule has 5 heteroatoms. The number of nitrogens with one attached hydrogen (secondary N) is 1. The molecule has 0 aromatic heterocycles. The van der Waals surface area contributed by atoms with Crippen molar-refractivity contribution >= 4 is 11.4 Å². The molecule has 2 rings (SSSR count). The number of halogens is 2. The molecule has 0 saturated heterocycles. The van der Waals surface area contributed by atoms with Crippen molar-refractivity contribution in [3.63, 3.8) is 0 Å². The highest BCUT2D eigenvalue weighted by Gasteiger charge is 2.07. The number of benzene rings is 2. The largest absolute Gasteiger partial charge is 0.494 e. The maximum atomic E-state index is 13.6. The molecular formula is C14H10F2N2O. The predicted molar refractivity (Wildman–Crippen MR) is 67.3 cm³/mol. The fraction of sp³-hybridized carbons (Fsp3) is 0.0714. The highest BCUT2D eigenvalue weighted by Crippen LogP contribution is 2.25. The third kappa shape index (κ3) is 2.80. The molecule has 2 aromatic rings. The van der Waals surface area contributed by atoms with Gasteiger partial charge in [-0.25, -0.2) is 8.78 Å². The summed E-state index contributed by atoms with van der Waals surface area (Å²) in [6, 6.07) is 10.1. The maximum absolute atomic E-state index is 13.6. The molecule has 0 radical (unpaired) electrons. The average molecular weight is 260 g/mol. The summed E-state index contributed by atoms with van der Waals surface area (Å²) in [7, 11) is 1.37. The molecule has 2 aromatic carbocycles. The molecule has 0 aliphatic rings. The van der Waals surface area contributed by atoms with Crippen molar-refractivity contribution in [2.75, 3.05) is 12.4 Å². The van der Waals surface area contributed by atoms with Gasteiger partial charge in [0.15, 0.2) is 11.6 Å². The molecule has 96 valence electrons. The Morgan fingerprint density at radius 2 is 1.89 bits per heavy atom. The van der Waals surface area contributed by atoms with E-state index in [-0.39, 0.29) is 17.0 Å². The van der Waals surface area contributed by atoms with E-state index in [0.29, 0.717) is 5.69 Å². The minimum atomic E-state index is -0.574. The van der Waals surface area contributed by atoms with Crippen molar-refractivity contribution in [1.82, 2.24) is 0 Å². The zero-order chi connectivity index (χ0) is 13.8. The Morgan fingerprint density at radius 3 is 2.47 bits per heavy atom. The highest BCUT2D eigenvalue weighted by molar-refractivity contribution is 5.62. The third-order valence-electron chi connectivity index (χ3n) is 2.53. The van der Waals surface area contributed by atoms with Crippen LogP contribution in [0.15, 0.2) is 36.4 Å². The van der Waals surface area contributed by atoms with E-state index in [2.05, 4.69) is 5.32 Å². The van der Waals surface area contributed by atoms with E-state index in [1.165, 1.54) is 31.4 Å². The number of rotatable bonds is 3. The first-order valence-electron chi connectivity index (χ1n) is 5.44. The van der Waals surface area contributed by atoms with Gasteiger partial charge < -0.3 is 10.1 Å². The van der Waals surface area contributed by atoms with E-state index in [0.717, 1.165) is 6.07 Å². The van der Waals surface area contributed by atoms with Crippen LogP contribution in [0.3, 0.4) is 0 Å². The molecule has 0 aliphatic heterocycles. The number of methoxy groups -OCH3 is 1. The molecule has 0 atom stereocenters. The molecule has 0 aliphatic carbocycles. The van der Waals surface area contributed by atoms with Crippen LogP contribution >= 0.6 is 0 Å². The Labute approximate surface area is 109 Å². The summed E-state index contributed by atoms with van der Waals surface area (Å²) in [5.74, 6) is -0.998. The van der Waals surface area contributed by atoms with Crippen molar-refractivity contribution in [2.24, 2.45) is 0 Å². The highest BCUT2D eigenvalue weighted by atomic mass is 19.1. The zero-order valence-electron chi connectivity index (χ0n) is 10.1. The molecule has 0 bridgehead atoms. The smallest absolute Gasteiger partial charge is 0.167 e. The molecule has 0 saturated carbocycles. The van der Waals surface area contributed by atoms with Crippen LogP contribution in [0, 0.1) is 23.0 Å². The molecule has 3 nitrogen and oxygen atoms in total. The monoisotopic (exact) mass is 260 g/mol. The van der Waals surface area contributed by atoms with Crippen molar-refractivity contribution in [2.45, 2.75) is 0 Å². The summed E-state index contributed by atoms with van der Waals surface area (Å²) in [6.07, 6.45) is 0. The molecule has 0 amide bonds. The summed E-state index contributed by atoms with van der Waals surface area (Å²) < 4.78 is 31.9. The first-order chi connectivity index (χ1) is 9.13. The van der Waals surface area contributed by atoms with Crippen LogP contribution in [-0.2, 0) is 0 Å². The molecule has 0 spiro atoms. The van der Waals surface area contributed by atoms with Crippen LogP contribution in [0.5, 0.6) is 5.75 Å². The molecular weight excluding hydrogens is 250 g/mol. The average Bonchev–Trinajstić information content (AvgIpc) is 2.41. The van der Waals surface area contributed by atoms with E-state index in [1.807, 2.05) is 6.07 Å². The number of hydrogen-bond acceptors (Lipinski definition) is 3. The van der Waals surface area contributed by atoms with Gasteiger partial charge in [-0.3, -0.25) is 0 Å². The molecule has 19 heavy (non-hydrogen) atoms. The van der Waals surface area contributed by atoms with Gasteiger partial charge in [-0.15, -0.1) is 0 Å². The van der Waals surface area contributed by atoms with Crippen molar-refractivity contribution < 1.29 is 13.5 Å². The number of ether oxygens (including phenoxy) is 1. The van der Waals surface area contributed by atoms with Gasteiger partial charge in [0.05, 0.1) is 24.4 Å². The second-order valence-corrected chi connectivity index (χ2v) is 3.78.